The Morgan fingerprint density at radius 2 is 1.96 bits per heavy atom. The van der Waals surface area contributed by atoms with Gasteiger partial charge in [-0.2, -0.15) is 0 Å². The van der Waals surface area contributed by atoms with Crippen LogP contribution >= 0.6 is 0 Å². The van der Waals surface area contributed by atoms with Gasteiger partial charge in [0.2, 0.25) is 10.0 Å². The summed E-state index contributed by atoms with van der Waals surface area (Å²) >= 11 is 0. The lowest BCUT2D eigenvalue weighted by Gasteiger charge is -2.34. The van der Waals surface area contributed by atoms with Gasteiger partial charge < -0.3 is 14.8 Å². The van der Waals surface area contributed by atoms with Crippen LogP contribution in [0.2, 0.25) is 0 Å². The van der Waals surface area contributed by atoms with Crippen molar-refractivity contribution >= 4 is 21.9 Å². The fourth-order valence-corrected chi connectivity index (χ4v) is 3.81. The molecule has 1 aromatic carbocycles. The van der Waals surface area contributed by atoms with Crippen molar-refractivity contribution in [1.29, 1.82) is 0 Å². The molecule has 1 aliphatic carbocycles. The Balaban J connectivity index is 2.01. The van der Waals surface area contributed by atoms with E-state index in [0.29, 0.717) is 11.8 Å². The van der Waals surface area contributed by atoms with Crippen LogP contribution in [0.1, 0.15) is 43.5 Å². The maximum absolute atomic E-state index is 12.3. The summed E-state index contributed by atoms with van der Waals surface area (Å²) in [5.74, 6) is -0.252. The van der Waals surface area contributed by atoms with E-state index in [0.717, 1.165) is 25.3 Å². The average Bonchev–Trinajstić information content (AvgIpc) is 2.62. The van der Waals surface area contributed by atoms with Gasteiger partial charge in [-0.3, -0.25) is 4.79 Å². The van der Waals surface area contributed by atoms with Crippen molar-refractivity contribution in [2.45, 2.75) is 44.0 Å². The highest BCUT2D eigenvalue weighted by molar-refractivity contribution is 7.89. The number of ether oxygens (including phenoxy) is 2. The molecule has 150 valence electrons. The van der Waals surface area contributed by atoms with Crippen LogP contribution in [-0.2, 0) is 19.6 Å². The predicted molar refractivity (Wildman–Crippen MR) is 98.8 cm³/mol. The highest BCUT2D eigenvalue weighted by atomic mass is 32.2. The smallest absolute Gasteiger partial charge is 0.342 e. The molecule has 0 aromatic heterocycles. The van der Waals surface area contributed by atoms with E-state index in [-0.39, 0.29) is 22.3 Å². The molecule has 1 saturated carbocycles. The number of primary sulfonamides is 1. The molecular formula is C18H26N2O6S. The summed E-state index contributed by atoms with van der Waals surface area (Å²) in [4.78, 5) is 24.2. The molecule has 0 unspecified atom stereocenters. The number of nitrogens with two attached hydrogens (primary N) is 1. The number of nitrogens with one attached hydrogen (secondary N) is 1. The molecule has 1 amide bonds. The molecule has 0 spiro atoms. The van der Waals surface area contributed by atoms with E-state index in [1.54, 1.807) is 0 Å². The van der Waals surface area contributed by atoms with Gasteiger partial charge in [0.15, 0.2) is 6.61 Å². The molecule has 27 heavy (non-hydrogen) atoms. The van der Waals surface area contributed by atoms with Crippen molar-refractivity contribution in [1.82, 2.24) is 5.32 Å². The van der Waals surface area contributed by atoms with Crippen LogP contribution in [0.15, 0.2) is 23.1 Å². The number of amides is 1. The van der Waals surface area contributed by atoms with Crippen LogP contribution < -0.4 is 15.2 Å². The number of esters is 1. The Morgan fingerprint density at radius 1 is 1.26 bits per heavy atom. The Kier molecular flexibility index (Phi) is 6.83. The zero-order chi connectivity index (χ0) is 20.2. The van der Waals surface area contributed by atoms with E-state index in [4.69, 9.17) is 14.6 Å². The summed E-state index contributed by atoms with van der Waals surface area (Å²) in [6.45, 7) is 3.80. The highest BCUT2D eigenvalue weighted by Crippen LogP contribution is 2.29. The van der Waals surface area contributed by atoms with Crippen molar-refractivity contribution in [3.8, 4) is 5.75 Å². The molecule has 2 rings (SSSR count). The van der Waals surface area contributed by atoms with Gasteiger partial charge in [-0.1, -0.05) is 26.7 Å². The molecule has 9 heteroatoms. The van der Waals surface area contributed by atoms with Crippen LogP contribution in [0.5, 0.6) is 5.75 Å². The van der Waals surface area contributed by atoms with Gasteiger partial charge >= 0.3 is 5.97 Å². The third-order valence-electron chi connectivity index (χ3n) is 5.11. The van der Waals surface area contributed by atoms with Gasteiger partial charge in [-0.15, -0.1) is 0 Å². The average molecular weight is 398 g/mol. The van der Waals surface area contributed by atoms with Crippen LogP contribution in [-0.4, -0.2) is 40.1 Å². The summed E-state index contributed by atoms with van der Waals surface area (Å²) in [6, 6.07) is 3.66. The quantitative estimate of drug-likeness (QED) is 0.699. The Morgan fingerprint density at radius 3 is 2.59 bits per heavy atom. The van der Waals surface area contributed by atoms with E-state index in [9.17, 15) is 18.0 Å². The van der Waals surface area contributed by atoms with E-state index in [1.165, 1.54) is 19.2 Å². The highest BCUT2D eigenvalue weighted by Gasteiger charge is 2.28. The van der Waals surface area contributed by atoms with E-state index in [2.05, 4.69) is 19.2 Å². The molecule has 0 radical (unpaired) electrons. The molecule has 8 nitrogen and oxygen atoms in total. The summed E-state index contributed by atoms with van der Waals surface area (Å²) in [5.41, 5.74) is -0.114. The number of hydrogen-bond acceptors (Lipinski definition) is 6. The summed E-state index contributed by atoms with van der Waals surface area (Å²) < 4.78 is 33.0. The van der Waals surface area contributed by atoms with Gasteiger partial charge in [0.25, 0.3) is 5.91 Å². The van der Waals surface area contributed by atoms with Crippen LogP contribution in [0.4, 0.5) is 0 Å². The molecule has 1 fully saturated rings. The van der Waals surface area contributed by atoms with Gasteiger partial charge in [-0.25, -0.2) is 18.4 Å². The summed E-state index contributed by atoms with van der Waals surface area (Å²) in [6.07, 6.45) is 3.09. The molecular weight excluding hydrogens is 372 g/mol. The second-order valence-electron chi connectivity index (χ2n) is 6.92. The zero-order valence-corrected chi connectivity index (χ0v) is 16.5. The first-order chi connectivity index (χ1) is 12.6. The summed E-state index contributed by atoms with van der Waals surface area (Å²) in [5, 5.41) is 7.99. The molecule has 0 heterocycles. The van der Waals surface area contributed by atoms with E-state index < -0.39 is 28.5 Å². The lowest BCUT2D eigenvalue weighted by Crippen LogP contribution is -2.45. The molecule has 0 bridgehead atoms. The molecule has 3 atom stereocenters. The topological polar surface area (TPSA) is 125 Å². The zero-order valence-electron chi connectivity index (χ0n) is 15.7. The number of carbonyl (C=O) groups is 2. The van der Waals surface area contributed by atoms with Gasteiger partial charge in [0, 0.05) is 6.04 Å². The number of sulfonamides is 1. The van der Waals surface area contributed by atoms with Crippen molar-refractivity contribution < 1.29 is 27.5 Å². The SMILES string of the molecule is COc1ccc(S(N)(=O)=O)cc1C(=O)OCC(=O)N[C@@H]1CCC[C@@H](C)[C@H]1C. The van der Waals surface area contributed by atoms with Gasteiger partial charge in [-0.05, 0) is 36.5 Å². The fraction of sp³-hybridized carbons (Fsp3) is 0.556. The maximum Gasteiger partial charge on any atom is 0.342 e. The number of benzene rings is 1. The number of methoxy groups -OCH3 is 1. The molecule has 1 aliphatic rings. The number of rotatable bonds is 6. The monoisotopic (exact) mass is 398 g/mol. The Hall–Kier alpha value is -2.13. The minimum absolute atomic E-state index is 0.0557. The molecule has 1 aromatic rings. The minimum atomic E-state index is -3.99. The first kappa shape index (κ1) is 21.2. The largest absolute Gasteiger partial charge is 0.496 e. The molecule has 0 aliphatic heterocycles. The molecule has 3 N–H and O–H groups in total. The van der Waals surface area contributed by atoms with Crippen LogP contribution in [0.3, 0.4) is 0 Å². The second-order valence-corrected chi connectivity index (χ2v) is 8.49. The first-order valence-electron chi connectivity index (χ1n) is 8.80. The van der Waals surface area contributed by atoms with Crippen LogP contribution in [0.25, 0.3) is 0 Å². The van der Waals surface area contributed by atoms with E-state index in [1.807, 2.05) is 0 Å². The van der Waals surface area contributed by atoms with Crippen LogP contribution in [0, 0.1) is 11.8 Å². The summed E-state index contributed by atoms with van der Waals surface area (Å²) in [7, 11) is -2.65. The fourth-order valence-electron chi connectivity index (χ4n) is 3.27. The van der Waals surface area contributed by atoms with Crippen molar-refractivity contribution in [2.24, 2.45) is 17.0 Å². The second kappa shape index (κ2) is 8.71. The minimum Gasteiger partial charge on any atom is -0.496 e. The number of carbonyl (C=O) groups excluding carboxylic acids is 2. The first-order valence-corrected chi connectivity index (χ1v) is 10.4. The lowest BCUT2D eigenvalue weighted by molar-refractivity contribution is -0.125. The van der Waals surface area contributed by atoms with Gasteiger partial charge in [0.1, 0.15) is 11.3 Å². The maximum atomic E-state index is 12.3. The predicted octanol–water partition coefficient (Wildman–Crippen LogP) is 1.44. The molecule has 0 saturated heterocycles. The third-order valence-corrected chi connectivity index (χ3v) is 6.02. The Bertz CT molecular complexity index is 808. The Labute approximate surface area is 159 Å². The van der Waals surface area contributed by atoms with Crippen molar-refractivity contribution in [2.75, 3.05) is 13.7 Å². The number of hydrogen-bond donors (Lipinski definition) is 2. The lowest BCUT2D eigenvalue weighted by atomic mass is 9.78. The van der Waals surface area contributed by atoms with Gasteiger partial charge in [0.05, 0.1) is 12.0 Å². The van der Waals surface area contributed by atoms with E-state index >= 15 is 0 Å². The normalized spacial score (nSPS) is 22.7. The van der Waals surface area contributed by atoms with Crippen molar-refractivity contribution in [3.05, 3.63) is 23.8 Å². The standard InChI is InChI=1S/C18H26N2O6S/c1-11-5-4-6-15(12(11)2)20-17(21)10-26-18(22)14-9-13(27(19,23)24)7-8-16(14)25-3/h7-9,11-12,15H,4-6,10H2,1-3H3,(H,20,21)(H2,19,23,24)/t11-,12-,15-/m1/s1. The van der Waals surface area contributed by atoms with Crippen molar-refractivity contribution in [3.63, 3.8) is 0 Å². The third kappa shape index (κ3) is 5.43.